The topological polar surface area (TPSA) is 60.9 Å². The molecule has 4 nitrogen and oxygen atoms in total. The summed E-state index contributed by atoms with van der Waals surface area (Å²) in [5, 5.41) is 4.33. The van der Waals surface area contributed by atoms with Gasteiger partial charge in [0.1, 0.15) is 5.78 Å². The van der Waals surface area contributed by atoms with Gasteiger partial charge in [-0.15, -0.1) is 0 Å². The number of ketones is 1. The Morgan fingerprint density at radius 2 is 2.11 bits per heavy atom. The van der Waals surface area contributed by atoms with E-state index in [2.05, 4.69) is 21.0 Å². The molecule has 0 radical (unpaired) electrons. The molecule has 19 heavy (non-hydrogen) atoms. The summed E-state index contributed by atoms with van der Waals surface area (Å²) in [6.07, 6.45) is 5.81. The molecule has 0 aromatic carbocycles. The zero-order chi connectivity index (χ0) is 14.0. The van der Waals surface area contributed by atoms with Gasteiger partial charge < -0.3 is 5.73 Å². The van der Waals surface area contributed by atoms with E-state index in [1.54, 1.807) is 4.68 Å². The SMILES string of the molecule is Cc1nn(C)c(CC(=O)C2CCCCCC2N)c1Br. The van der Waals surface area contributed by atoms with E-state index in [1.807, 2.05) is 14.0 Å². The molecule has 106 valence electrons. The number of hydrogen-bond acceptors (Lipinski definition) is 3. The Bertz CT molecular complexity index is 470. The van der Waals surface area contributed by atoms with Gasteiger partial charge in [0.15, 0.2) is 0 Å². The lowest BCUT2D eigenvalue weighted by atomic mass is 9.89. The monoisotopic (exact) mass is 327 g/mol. The normalized spacial score (nSPS) is 24.2. The van der Waals surface area contributed by atoms with Crippen molar-refractivity contribution in [3.63, 3.8) is 0 Å². The smallest absolute Gasteiger partial charge is 0.143 e. The molecule has 1 heterocycles. The molecule has 0 saturated heterocycles. The van der Waals surface area contributed by atoms with Gasteiger partial charge in [0.2, 0.25) is 0 Å². The van der Waals surface area contributed by atoms with Crippen LogP contribution in [0.1, 0.15) is 43.5 Å². The van der Waals surface area contributed by atoms with E-state index in [0.717, 1.165) is 41.5 Å². The zero-order valence-electron chi connectivity index (χ0n) is 11.7. The van der Waals surface area contributed by atoms with Crippen LogP contribution in [0.25, 0.3) is 0 Å². The van der Waals surface area contributed by atoms with Crippen molar-refractivity contribution in [1.29, 1.82) is 0 Å². The van der Waals surface area contributed by atoms with Crippen molar-refractivity contribution < 1.29 is 4.79 Å². The molecular weight excluding hydrogens is 306 g/mol. The van der Waals surface area contributed by atoms with Gasteiger partial charge in [-0.2, -0.15) is 5.10 Å². The Labute approximate surface area is 122 Å². The third kappa shape index (κ3) is 3.26. The maximum atomic E-state index is 12.5. The molecular formula is C14H22BrN3O. The van der Waals surface area contributed by atoms with E-state index >= 15 is 0 Å². The molecule has 1 aromatic heterocycles. The number of rotatable bonds is 3. The standard InChI is InChI=1S/C14H22BrN3O/c1-9-14(15)12(18(2)17-9)8-13(19)10-6-4-3-5-7-11(10)16/h10-11H,3-8,16H2,1-2H3. The molecule has 0 amide bonds. The molecule has 1 aromatic rings. The van der Waals surface area contributed by atoms with Crippen LogP contribution >= 0.6 is 15.9 Å². The summed E-state index contributed by atoms with van der Waals surface area (Å²) >= 11 is 3.52. The van der Waals surface area contributed by atoms with Crippen LogP contribution in [-0.2, 0) is 18.3 Å². The quantitative estimate of drug-likeness (QED) is 0.867. The van der Waals surface area contributed by atoms with Crippen LogP contribution in [-0.4, -0.2) is 21.6 Å². The lowest BCUT2D eigenvalue weighted by Crippen LogP contribution is -2.35. The maximum absolute atomic E-state index is 12.5. The number of nitrogens with two attached hydrogens (primary N) is 1. The first kappa shape index (κ1) is 14.7. The van der Waals surface area contributed by atoms with Gasteiger partial charge in [-0.1, -0.05) is 19.3 Å². The van der Waals surface area contributed by atoms with Gasteiger partial charge in [-0.3, -0.25) is 9.48 Å². The molecule has 2 rings (SSSR count). The Hall–Kier alpha value is -0.680. The molecule has 5 heteroatoms. The summed E-state index contributed by atoms with van der Waals surface area (Å²) in [7, 11) is 1.88. The highest BCUT2D eigenvalue weighted by Gasteiger charge is 2.28. The molecule has 0 aliphatic heterocycles. The molecule has 1 fully saturated rings. The minimum Gasteiger partial charge on any atom is -0.327 e. The van der Waals surface area contributed by atoms with E-state index in [4.69, 9.17) is 5.73 Å². The third-order valence-electron chi connectivity index (χ3n) is 4.09. The van der Waals surface area contributed by atoms with Crippen molar-refractivity contribution >= 4 is 21.7 Å². The van der Waals surface area contributed by atoms with Gasteiger partial charge in [0.25, 0.3) is 0 Å². The number of carbonyl (C=O) groups excluding carboxylic acids is 1. The zero-order valence-corrected chi connectivity index (χ0v) is 13.2. The van der Waals surface area contributed by atoms with Crippen molar-refractivity contribution in [1.82, 2.24) is 9.78 Å². The molecule has 0 bridgehead atoms. The van der Waals surface area contributed by atoms with Crippen LogP contribution in [0.15, 0.2) is 4.47 Å². The predicted octanol–water partition coefficient (Wildman–Crippen LogP) is 2.51. The van der Waals surface area contributed by atoms with E-state index in [-0.39, 0.29) is 17.7 Å². The van der Waals surface area contributed by atoms with Gasteiger partial charge >= 0.3 is 0 Å². The number of carbonyl (C=O) groups is 1. The Morgan fingerprint density at radius 1 is 1.42 bits per heavy atom. The fourth-order valence-electron chi connectivity index (χ4n) is 2.90. The van der Waals surface area contributed by atoms with E-state index in [1.165, 1.54) is 6.42 Å². The second kappa shape index (κ2) is 6.18. The Morgan fingerprint density at radius 3 is 2.74 bits per heavy atom. The first-order valence-corrected chi connectivity index (χ1v) is 7.76. The number of aromatic nitrogens is 2. The van der Waals surface area contributed by atoms with Crippen molar-refractivity contribution in [2.75, 3.05) is 0 Å². The van der Waals surface area contributed by atoms with Crippen molar-refractivity contribution in [3.8, 4) is 0 Å². The summed E-state index contributed by atoms with van der Waals surface area (Å²) in [6.45, 7) is 1.94. The van der Waals surface area contributed by atoms with Crippen LogP contribution in [0, 0.1) is 12.8 Å². The molecule has 2 N–H and O–H groups in total. The largest absolute Gasteiger partial charge is 0.327 e. The van der Waals surface area contributed by atoms with E-state index < -0.39 is 0 Å². The Balaban J connectivity index is 2.11. The fourth-order valence-corrected chi connectivity index (χ4v) is 3.38. The van der Waals surface area contributed by atoms with E-state index in [9.17, 15) is 4.79 Å². The van der Waals surface area contributed by atoms with Gasteiger partial charge in [-0.25, -0.2) is 0 Å². The van der Waals surface area contributed by atoms with Crippen molar-refractivity contribution in [3.05, 3.63) is 15.9 Å². The number of aryl methyl sites for hydroxylation is 2. The minimum absolute atomic E-state index is 0.0182. The lowest BCUT2D eigenvalue weighted by molar-refractivity contribution is -0.123. The summed E-state index contributed by atoms with van der Waals surface area (Å²) in [6, 6.07) is 0.0306. The van der Waals surface area contributed by atoms with Crippen LogP contribution in [0.3, 0.4) is 0 Å². The molecule has 2 unspecified atom stereocenters. The summed E-state index contributed by atoms with van der Waals surface area (Å²) < 4.78 is 2.74. The average molecular weight is 328 g/mol. The van der Waals surface area contributed by atoms with Gasteiger partial charge in [0, 0.05) is 25.4 Å². The third-order valence-corrected chi connectivity index (χ3v) is 5.12. The van der Waals surface area contributed by atoms with Crippen molar-refractivity contribution in [2.45, 2.75) is 51.5 Å². The first-order chi connectivity index (χ1) is 9.00. The van der Waals surface area contributed by atoms with Crippen molar-refractivity contribution in [2.24, 2.45) is 18.7 Å². The highest BCUT2D eigenvalue weighted by Crippen LogP contribution is 2.26. The first-order valence-electron chi connectivity index (χ1n) is 6.97. The number of hydrogen-bond donors (Lipinski definition) is 1. The van der Waals surface area contributed by atoms with Gasteiger partial charge in [0.05, 0.1) is 15.9 Å². The summed E-state index contributed by atoms with van der Waals surface area (Å²) in [5.74, 6) is 0.280. The second-order valence-electron chi connectivity index (χ2n) is 5.52. The lowest BCUT2D eigenvalue weighted by Gasteiger charge is -2.20. The molecule has 1 saturated carbocycles. The van der Waals surface area contributed by atoms with Crippen LogP contribution in [0.2, 0.25) is 0 Å². The van der Waals surface area contributed by atoms with Gasteiger partial charge in [-0.05, 0) is 35.7 Å². The molecule has 0 spiro atoms. The maximum Gasteiger partial charge on any atom is 0.143 e. The highest BCUT2D eigenvalue weighted by molar-refractivity contribution is 9.10. The van der Waals surface area contributed by atoms with Crippen LogP contribution in [0.4, 0.5) is 0 Å². The van der Waals surface area contributed by atoms with Crippen LogP contribution in [0.5, 0.6) is 0 Å². The molecule has 1 aliphatic carbocycles. The molecule has 2 atom stereocenters. The second-order valence-corrected chi connectivity index (χ2v) is 6.31. The summed E-state index contributed by atoms with van der Waals surface area (Å²) in [5.41, 5.74) is 8.04. The number of Topliss-reactive ketones (excluding diaryl/α,β-unsaturated/α-hetero) is 1. The van der Waals surface area contributed by atoms with Crippen LogP contribution < -0.4 is 5.73 Å². The highest BCUT2D eigenvalue weighted by atomic mass is 79.9. The number of halogens is 1. The van der Waals surface area contributed by atoms with E-state index in [0.29, 0.717) is 6.42 Å². The predicted molar refractivity (Wildman–Crippen MR) is 78.9 cm³/mol. The fraction of sp³-hybridized carbons (Fsp3) is 0.714. The Kier molecular flexibility index (Phi) is 4.79. The summed E-state index contributed by atoms with van der Waals surface area (Å²) in [4.78, 5) is 12.5. The number of nitrogens with zero attached hydrogens (tertiary/aromatic N) is 2. The minimum atomic E-state index is 0.0182. The average Bonchev–Trinajstić information content (AvgIpc) is 2.57. The molecule has 1 aliphatic rings.